The third kappa shape index (κ3) is 2.59. The van der Waals surface area contributed by atoms with E-state index in [1.54, 1.807) is 0 Å². The first-order valence-corrected chi connectivity index (χ1v) is 6.33. The van der Waals surface area contributed by atoms with Crippen molar-refractivity contribution in [1.82, 2.24) is 0 Å². The molecule has 0 bridgehead atoms. The highest BCUT2D eigenvalue weighted by atomic mass is 16.5. The van der Waals surface area contributed by atoms with Crippen LogP contribution in [0.1, 0.15) is 36.2 Å². The van der Waals surface area contributed by atoms with E-state index in [1.807, 2.05) is 36.4 Å². The Bertz CT molecular complexity index is 541. The second-order valence-electron chi connectivity index (χ2n) is 4.51. The van der Waals surface area contributed by atoms with Crippen LogP contribution in [0.2, 0.25) is 0 Å². The van der Waals surface area contributed by atoms with Gasteiger partial charge in [-0.25, -0.2) is 0 Å². The Balaban J connectivity index is 2.40. The summed E-state index contributed by atoms with van der Waals surface area (Å²) in [7, 11) is 0. The monoisotopic (exact) mass is 242 g/mol. The molecular weight excluding hydrogens is 224 g/mol. The van der Waals surface area contributed by atoms with Crippen LogP contribution in [-0.2, 0) is 11.3 Å². The summed E-state index contributed by atoms with van der Waals surface area (Å²) in [6, 6.07) is 11.8. The fraction of sp³-hybridized carbons (Fsp3) is 0.312. The first kappa shape index (κ1) is 12.8. The number of hydrogen-bond acceptors (Lipinski definition) is 2. The smallest absolute Gasteiger partial charge is 0.150 e. The second kappa shape index (κ2) is 5.78. The maximum Gasteiger partial charge on any atom is 0.150 e. The lowest BCUT2D eigenvalue weighted by Gasteiger charge is -2.13. The Kier molecular flexibility index (Phi) is 4.11. The molecule has 2 aromatic rings. The van der Waals surface area contributed by atoms with Crippen molar-refractivity contribution in [3.63, 3.8) is 0 Å². The molecule has 0 aliphatic rings. The molecule has 0 heterocycles. The zero-order chi connectivity index (χ0) is 13.0. The second-order valence-corrected chi connectivity index (χ2v) is 4.51. The Labute approximate surface area is 108 Å². The van der Waals surface area contributed by atoms with E-state index in [0.717, 1.165) is 34.6 Å². The van der Waals surface area contributed by atoms with Gasteiger partial charge in [0.2, 0.25) is 0 Å². The third-order valence-electron chi connectivity index (χ3n) is 3.25. The van der Waals surface area contributed by atoms with Gasteiger partial charge in [-0.1, -0.05) is 43.3 Å². The summed E-state index contributed by atoms with van der Waals surface area (Å²) in [5.74, 6) is 0. The molecule has 2 nitrogen and oxygen atoms in total. The quantitative estimate of drug-likeness (QED) is 0.742. The molecule has 18 heavy (non-hydrogen) atoms. The summed E-state index contributed by atoms with van der Waals surface area (Å²) in [6.45, 7) is 4.72. The number of rotatable bonds is 5. The molecule has 0 radical (unpaired) electrons. The highest BCUT2D eigenvalue weighted by Gasteiger charge is 2.07. The predicted octanol–water partition coefficient (Wildman–Crippen LogP) is 3.97. The molecule has 2 rings (SSSR count). The lowest BCUT2D eigenvalue weighted by molar-refractivity contribution is 0.0515. The summed E-state index contributed by atoms with van der Waals surface area (Å²) < 4.78 is 5.77. The minimum absolute atomic E-state index is 0.239. The van der Waals surface area contributed by atoms with Crippen LogP contribution in [0, 0.1) is 0 Å². The van der Waals surface area contributed by atoms with Crippen molar-refractivity contribution in [2.45, 2.75) is 33.0 Å². The van der Waals surface area contributed by atoms with Crippen molar-refractivity contribution in [2.75, 3.05) is 0 Å². The highest BCUT2D eigenvalue weighted by molar-refractivity contribution is 5.99. The van der Waals surface area contributed by atoms with Gasteiger partial charge in [0.15, 0.2) is 6.29 Å². The average Bonchev–Trinajstić information content (AvgIpc) is 2.43. The number of ether oxygens (including phenoxy) is 1. The molecule has 0 aliphatic carbocycles. The molecule has 2 aromatic carbocycles. The van der Waals surface area contributed by atoms with E-state index in [1.165, 1.54) is 0 Å². The van der Waals surface area contributed by atoms with Crippen LogP contribution in [0.25, 0.3) is 10.8 Å². The van der Waals surface area contributed by atoms with Gasteiger partial charge in [0.1, 0.15) is 0 Å². The van der Waals surface area contributed by atoms with E-state index >= 15 is 0 Å². The Morgan fingerprint density at radius 1 is 1.22 bits per heavy atom. The maximum absolute atomic E-state index is 11.1. The molecule has 1 unspecified atom stereocenters. The van der Waals surface area contributed by atoms with Gasteiger partial charge >= 0.3 is 0 Å². The fourth-order valence-corrected chi connectivity index (χ4v) is 2.02. The number of carbonyl (C=O) groups is 1. The molecule has 0 aromatic heterocycles. The van der Waals surface area contributed by atoms with Gasteiger partial charge in [-0.05, 0) is 29.7 Å². The van der Waals surface area contributed by atoms with Crippen LogP contribution in [0.3, 0.4) is 0 Å². The van der Waals surface area contributed by atoms with E-state index in [0.29, 0.717) is 6.61 Å². The van der Waals surface area contributed by atoms with Gasteiger partial charge in [0, 0.05) is 5.56 Å². The molecule has 0 N–H and O–H groups in total. The van der Waals surface area contributed by atoms with Gasteiger partial charge in [0.25, 0.3) is 0 Å². The molecule has 0 amide bonds. The van der Waals surface area contributed by atoms with Gasteiger partial charge in [-0.2, -0.15) is 0 Å². The molecule has 1 atom stereocenters. The molecule has 0 fully saturated rings. The molecule has 94 valence electrons. The SMILES string of the molecule is CCC(C)OCc1cccc2cccc(C=O)c12. The third-order valence-corrected chi connectivity index (χ3v) is 3.25. The van der Waals surface area contributed by atoms with E-state index < -0.39 is 0 Å². The van der Waals surface area contributed by atoms with Gasteiger partial charge < -0.3 is 4.74 Å². The molecule has 0 saturated heterocycles. The molecule has 0 aliphatic heterocycles. The van der Waals surface area contributed by atoms with Crippen molar-refractivity contribution in [2.24, 2.45) is 0 Å². The Morgan fingerprint density at radius 2 is 1.94 bits per heavy atom. The summed E-state index contributed by atoms with van der Waals surface area (Å²) in [5, 5.41) is 2.10. The van der Waals surface area contributed by atoms with Gasteiger partial charge in [-0.3, -0.25) is 4.79 Å². The average molecular weight is 242 g/mol. The van der Waals surface area contributed by atoms with Crippen LogP contribution < -0.4 is 0 Å². The summed E-state index contributed by atoms with van der Waals surface area (Å²) in [5.41, 5.74) is 1.81. The minimum Gasteiger partial charge on any atom is -0.374 e. The number of benzene rings is 2. The van der Waals surface area contributed by atoms with Crippen LogP contribution >= 0.6 is 0 Å². The number of fused-ring (bicyclic) bond motifs is 1. The normalized spacial score (nSPS) is 12.6. The largest absolute Gasteiger partial charge is 0.374 e. The summed E-state index contributed by atoms with van der Waals surface area (Å²) >= 11 is 0. The Morgan fingerprint density at radius 3 is 2.61 bits per heavy atom. The zero-order valence-electron chi connectivity index (χ0n) is 10.8. The van der Waals surface area contributed by atoms with Crippen molar-refractivity contribution in [3.05, 3.63) is 47.5 Å². The lowest BCUT2D eigenvalue weighted by atomic mass is 10.0. The van der Waals surface area contributed by atoms with Crippen molar-refractivity contribution in [1.29, 1.82) is 0 Å². The Hall–Kier alpha value is -1.67. The maximum atomic E-state index is 11.1. The topological polar surface area (TPSA) is 26.3 Å². The van der Waals surface area contributed by atoms with Gasteiger partial charge in [0.05, 0.1) is 12.7 Å². The lowest BCUT2D eigenvalue weighted by Crippen LogP contribution is -2.06. The van der Waals surface area contributed by atoms with E-state index in [4.69, 9.17) is 4.74 Å². The summed E-state index contributed by atoms with van der Waals surface area (Å²) in [4.78, 5) is 11.1. The molecule has 0 saturated carbocycles. The molecule has 0 spiro atoms. The highest BCUT2D eigenvalue weighted by Crippen LogP contribution is 2.23. The van der Waals surface area contributed by atoms with E-state index in [9.17, 15) is 4.79 Å². The first-order valence-electron chi connectivity index (χ1n) is 6.33. The standard InChI is InChI=1S/C16H18O2/c1-3-12(2)18-11-15-9-5-7-13-6-4-8-14(10-17)16(13)15/h4-10,12H,3,11H2,1-2H3. The van der Waals surface area contributed by atoms with Crippen molar-refractivity contribution >= 4 is 17.1 Å². The minimum atomic E-state index is 0.239. The fourth-order valence-electron chi connectivity index (χ4n) is 2.02. The number of hydrogen-bond donors (Lipinski definition) is 0. The van der Waals surface area contributed by atoms with Crippen LogP contribution in [0.4, 0.5) is 0 Å². The van der Waals surface area contributed by atoms with Crippen LogP contribution in [0.5, 0.6) is 0 Å². The predicted molar refractivity (Wildman–Crippen MR) is 73.9 cm³/mol. The van der Waals surface area contributed by atoms with Crippen LogP contribution in [0.15, 0.2) is 36.4 Å². The van der Waals surface area contributed by atoms with Crippen molar-refractivity contribution < 1.29 is 9.53 Å². The van der Waals surface area contributed by atoms with E-state index in [2.05, 4.69) is 13.8 Å². The molecular formula is C16H18O2. The van der Waals surface area contributed by atoms with Crippen molar-refractivity contribution in [3.8, 4) is 0 Å². The zero-order valence-corrected chi connectivity index (χ0v) is 10.8. The summed E-state index contributed by atoms with van der Waals surface area (Å²) in [6.07, 6.45) is 2.14. The first-order chi connectivity index (χ1) is 8.76. The van der Waals surface area contributed by atoms with E-state index in [-0.39, 0.29) is 6.10 Å². The molecule has 2 heteroatoms. The van der Waals surface area contributed by atoms with Gasteiger partial charge in [-0.15, -0.1) is 0 Å². The number of aldehydes is 1. The van der Waals surface area contributed by atoms with Crippen LogP contribution in [-0.4, -0.2) is 12.4 Å². The number of carbonyl (C=O) groups excluding carboxylic acids is 1.